The van der Waals surface area contributed by atoms with Crippen molar-refractivity contribution in [2.24, 2.45) is 12.0 Å². The highest BCUT2D eigenvalue weighted by Crippen LogP contribution is 2.17. The number of hydrogen-bond acceptors (Lipinski definition) is 3. The van der Waals surface area contributed by atoms with Gasteiger partial charge < -0.3 is 15.2 Å². The highest BCUT2D eigenvalue weighted by Gasteiger charge is 2.16. The second-order valence-corrected chi connectivity index (χ2v) is 6.35. The number of aromatic nitrogens is 3. The molecule has 6 nitrogen and oxygen atoms in total. The summed E-state index contributed by atoms with van der Waals surface area (Å²) in [4.78, 5) is 4.75. The largest absolute Gasteiger partial charge is 0.354 e. The Bertz CT molecular complexity index is 670. The Morgan fingerprint density at radius 2 is 1.96 bits per heavy atom. The predicted octanol–water partition coefficient (Wildman–Crippen LogP) is 2.30. The van der Waals surface area contributed by atoms with E-state index >= 15 is 0 Å². The van der Waals surface area contributed by atoms with Crippen LogP contribution in [-0.4, -0.2) is 26.8 Å². The first-order valence-corrected chi connectivity index (χ1v) is 8.66. The van der Waals surface area contributed by atoms with Crippen molar-refractivity contribution in [2.75, 3.05) is 0 Å². The van der Waals surface area contributed by atoms with E-state index < -0.39 is 0 Å². The maximum atomic E-state index is 4.75. The van der Waals surface area contributed by atoms with Gasteiger partial charge in [0.1, 0.15) is 5.82 Å². The van der Waals surface area contributed by atoms with Crippen LogP contribution in [0.25, 0.3) is 0 Å². The van der Waals surface area contributed by atoms with Gasteiger partial charge >= 0.3 is 0 Å². The van der Waals surface area contributed by atoms with E-state index in [1.165, 1.54) is 31.2 Å². The first-order valence-electron chi connectivity index (χ1n) is 8.66. The zero-order chi connectivity index (χ0) is 16.8. The normalized spacial score (nSPS) is 15.7. The monoisotopic (exact) mass is 326 g/mol. The number of guanidine groups is 1. The van der Waals surface area contributed by atoms with Crippen molar-refractivity contribution in [1.29, 1.82) is 0 Å². The molecule has 0 spiro atoms. The number of aryl methyl sites for hydroxylation is 1. The maximum Gasteiger partial charge on any atom is 0.192 e. The molecule has 2 N–H and O–H groups in total. The smallest absolute Gasteiger partial charge is 0.192 e. The second kappa shape index (κ2) is 7.95. The van der Waals surface area contributed by atoms with Crippen LogP contribution in [0.3, 0.4) is 0 Å². The molecule has 2 aromatic rings. The molecule has 3 rings (SSSR count). The molecule has 1 aromatic carbocycles. The van der Waals surface area contributed by atoms with Gasteiger partial charge in [0.15, 0.2) is 11.8 Å². The van der Waals surface area contributed by atoms with Crippen LogP contribution in [0.1, 0.15) is 42.9 Å². The maximum absolute atomic E-state index is 4.75. The lowest BCUT2D eigenvalue weighted by molar-refractivity contribution is 0.606. The molecule has 1 aliphatic carbocycles. The molecule has 1 aromatic heterocycles. The van der Waals surface area contributed by atoms with Gasteiger partial charge in [0, 0.05) is 13.1 Å². The van der Waals surface area contributed by atoms with E-state index in [0.29, 0.717) is 19.1 Å². The summed E-state index contributed by atoms with van der Waals surface area (Å²) in [7, 11) is 1.98. The van der Waals surface area contributed by atoms with Crippen LogP contribution < -0.4 is 10.6 Å². The van der Waals surface area contributed by atoms with E-state index in [2.05, 4.69) is 33.0 Å². The van der Waals surface area contributed by atoms with Crippen molar-refractivity contribution in [1.82, 2.24) is 25.4 Å². The van der Waals surface area contributed by atoms with Crippen molar-refractivity contribution in [3.05, 3.63) is 47.5 Å². The van der Waals surface area contributed by atoms with Crippen molar-refractivity contribution in [3.63, 3.8) is 0 Å². The van der Waals surface area contributed by atoms with E-state index in [-0.39, 0.29) is 0 Å². The minimum atomic E-state index is 0.522. The number of rotatable bonds is 5. The summed E-state index contributed by atoms with van der Waals surface area (Å²) in [5.41, 5.74) is 1.21. The molecule has 0 radical (unpaired) electrons. The first-order chi connectivity index (χ1) is 11.7. The molecule has 0 atom stereocenters. The van der Waals surface area contributed by atoms with E-state index in [1.807, 2.05) is 36.7 Å². The Kier molecular flexibility index (Phi) is 5.46. The lowest BCUT2D eigenvalue weighted by atomic mass is 10.2. The van der Waals surface area contributed by atoms with Crippen LogP contribution in [0, 0.1) is 6.92 Å². The van der Waals surface area contributed by atoms with Crippen molar-refractivity contribution >= 4 is 5.96 Å². The van der Waals surface area contributed by atoms with Crippen LogP contribution in [0.15, 0.2) is 35.3 Å². The zero-order valence-electron chi connectivity index (χ0n) is 14.5. The average Bonchev–Trinajstić information content (AvgIpc) is 3.22. The molecule has 1 fully saturated rings. The van der Waals surface area contributed by atoms with Gasteiger partial charge in [-0.3, -0.25) is 0 Å². The number of nitrogens with one attached hydrogen (secondary N) is 2. The molecule has 6 heteroatoms. The fourth-order valence-corrected chi connectivity index (χ4v) is 2.94. The summed E-state index contributed by atoms with van der Waals surface area (Å²) in [5.74, 6) is 2.68. The Hall–Kier alpha value is -2.37. The topological polar surface area (TPSA) is 67.1 Å². The van der Waals surface area contributed by atoms with Gasteiger partial charge in [0.25, 0.3) is 0 Å². The summed E-state index contributed by atoms with van der Waals surface area (Å²) in [5, 5.41) is 15.3. The van der Waals surface area contributed by atoms with Gasteiger partial charge in [0.05, 0.1) is 13.1 Å². The van der Waals surface area contributed by atoms with Crippen LogP contribution in [0.4, 0.5) is 0 Å². The number of nitrogens with zero attached hydrogens (tertiary/aromatic N) is 4. The van der Waals surface area contributed by atoms with Crippen LogP contribution in [-0.2, 0) is 20.1 Å². The summed E-state index contributed by atoms with van der Waals surface area (Å²) in [6, 6.07) is 10.8. The van der Waals surface area contributed by atoms with Crippen LogP contribution in [0.5, 0.6) is 0 Å². The van der Waals surface area contributed by atoms with Crippen molar-refractivity contribution in [2.45, 2.75) is 51.7 Å². The standard InChI is InChI=1S/C18H26N6/c1-14-22-23-17(24(14)2)13-20-18(21-16-10-6-7-11-16)19-12-15-8-4-3-5-9-15/h3-5,8-9,16H,6-7,10-13H2,1-2H3,(H2,19,20,21). The Labute approximate surface area is 143 Å². The Morgan fingerprint density at radius 1 is 1.21 bits per heavy atom. The summed E-state index contributed by atoms with van der Waals surface area (Å²) in [6.07, 6.45) is 5.03. The number of benzene rings is 1. The number of aliphatic imine (C=N–C) groups is 1. The highest BCUT2D eigenvalue weighted by atomic mass is 15.3. The molecular formula is C18H26N6. The molecular weight excluding hydrogens is 300 g/mol. The molecule has 0 bridgehead atoms. The lowest BCUT2D eigenvalue weighted by Gasteiger charge is -2.17. The van der Waals surface area contributed by atoms with Gasteiger partial charge in [-0.15, -0.1) is 10.2 Å². The third kappa shape index (κ3) is 4.34. The average molecular weight is 326 g/mol. The quantitative estimate of drug-likeness (QED) is 0.653. The van der Waals surface area contributed by atoms with Gasteiger partial charge in [-0.05, 0) is 25.3 Å². The molecule has 1 saturated carbocycles. The molecule has 0 unspecified atom stereocenters. The predicted molar refractivity (Wildman–Crippen MR) is 95.6 cm³/mol. The fraction of sp³-hybridized carbons (Fsp3) is 0.500. The number of hydrogen-bond donors (Lipinski definition) is 2. The summed E-state index contributed by atoms with van der Waals surface area (Å²) < 4.78 is 2.00. The molecule has 0 aliphatic heterocycles. The first kappa shape index (κ1) is 16.5. The lowest BCUT2D eigenvalue weighted by Crippen LogP contribution is -2.42. The molecule has 128 valence electrons. The molecule has 1 aliphatic rings. The molecule has 1 heterocycles. The van der Waals surface area contributed by atoms with E-state index in [9.17, 15) is 0 Å². The van der Waals surface area contributed by atoms with Gasteiger partial charge in [-0.2, -0.15) is 0 Å². The third-order valence-electron chi connectivity index (χ3n) is 4.56. The highest BCUT2D eigenvalue weighted by molar-refractivity contribution is 5.80. The second-order valence-electron chi connectivity index (χ2n) is 6.35. The minimum absolute atomic E-state index is 0.522. The Balaban J connectivity index is 1.65. The van der Waals surface area contributed by atoms with Crippen LogP contribution in [0.2, 0.25) is 0 Å². The van der Waals surface area contributed by atoms with Gasteiger partial charge in [-0.1, -0.05) is 43.2 Å². The van der Waals surface area contributed by atoms with Gasteiger partial charge in [0.2, 0.25) is 0 Å². The fourth-order valence-electron chi connectivity index (χ4n) is 2.94. The SMILES string of the molecule is Cc1nnc(CNC(=NCc2ccccc2)NC2CCCC2)n1C. The van der Waals surface area contributed by atoms with E-state index in [4.69, 9.17) is 4.99 Å². The summed E-state index contributed by atoms with van der Waals surface area (Å²) in [6.45, 7) is 3.24. The summed E-state index contributed by atoms with van der Waals surface area (Å²) >= 11 is 0. The van der Waals surface area contributed by atoms with Gasteiger partial charge in [-0.25, -0.2) is 4.99 Å². The van der Waals surface area contributed by atoms with Crippen molar-refractivity contribution in [3.8, 4) is 0 Å². The van der Waals surface area contributed by atoms with E-state index in [1.54, 1.807) is 0 Å². The zero-order valence-corrected chi connectivity index (χ0v) is 14.5. The third-order valence-corrected chi connectivity index (χ3v) is 4.56. The molecule has 0 amide bonds. The molecule has 24 heavy (non-hydrogen) atoms. The minimum Gasteiger partial charge on any atom is -0.354 e. The Morgan fingerprint density at radius 3 is 2.62 bits per heavy atom. The van der Waals surface area contributed by atoms with E-state index in [0.717, 1.165) is 17.6 Å². The molecule has 0 saturated heterocycles. The van der Waals surface area contributed by atoms with Crippen LogP contribution >= 0.6 is 0 Å². The van der Waals surface area contributed by atoms with Crippen molar-refractivity contribution < 1.29 is 0 Å².